The number of sulfonamides is 1. The van der Waals surface area contributed by atoms with E-state index in [1.165, 1.54) is 23.6 Å². The molecule has 2 aromatic rings. The maximum Gasteiger partial charge on any atom is 0.242 e. The number of halogens is 1. The van der Waals surface area contributed by atoms with Crippen LogP contribution >= 0.6 is 27.3 Å². The first-order valence-corrected chi connectivity index (χ1v) is 8.31. The lowest BCUT2D eigenvalue weighted by Gasteiger charge is -2.12. The lowest BCUT2D eigenvalue weighted by molar-refractivity contribution is 0.568. The quantitative estimate of drug-likeness (QED) is 0.925. The minimum atomic E-state index is -3.54. The van der Waals surface area contributed by atoms with Crippen molar-refractivity contribution in [1.82, 2.24) is 9.71 Å². The Bertz CT molecular complexity index is 626. The summed E-state index contributed by atoms with van der Waals surface area (Å²) in [6.45, 7) is 1.81. The standard InChI is InChI=1S/C11H11BrN2O2S2/c1-8(11-3-2-4-17-11)14-18(15,16)10-5-9(12)6-13-7-10/h2-8,14H,1H3. The third kappa shape index (κ3) is 3.17. The Labute approximate surface area is 118 Å². The van der Waals surface area contributed by atoms with Crippen LogP contribution in [0.25, 0.3) is 0 Å². The van der Waals surface area contributed by atoms with Crippen LogP contribution in [0, 0.1) is 0 Å². The van der Waals surface area contributed by atoms with Crippen LogP contribution in [0.4, 0.5) is 0 Å². The Morgan fingerprint density at radius 2 is 2.22 bits per heavy atom. The summed E-state index contributed by atoms with van der Waals surface area (Å²) in [7, 11) is -3.54. The van der Waals surface area contributed by atoms with Crippen molar-refractivity contribution in [1.29, 1.82) is 0 Å². The molecule has 1 N–H and O–H groups in total. The Hall–Kier alpha value is -0.760. The summed E-state index contributed by atoms with van der Waals surface area (Å²) < 4.78 is 27.5. The van der Waals surface area contributed by atoms with Gasteiger partial charge in [-0.05, 0) is 40.4 Å². The first-order valence-electron chi connectivity index (χ1n) is 5.15. The average Bonchev–Trinajstić information content (AvgIpc) is 2.82. The molecule has 1 atom stereocenters. The predicted octanol–water partition coefficient (Wildman–Crippen LogP) is 2.95. The molecule has 0 fully saturated rings. The lowest BCUT2D eigenvalue weighted by Crippen LogP contribution is -2.26. The number of aromatic nitrogens is 1. The molecule has 1 unspecified atom stereocenters. The van der Waals surface area contributed by atoms with Gasteiger partial charge in [0.25, 0.3) is 0 Å². The molecule has 96 valence electrons. The molecule has 4 nitrogen and oxygen atoms in total. The summed E-state index contributed by atoms with van der Waals surface area (Å²) in [5.41, 5.74) is 0. The molecule has 18 heavy (non-hydrogen) atoms. The van der Waals surface area contributed by atoms with E-state index in [0.29, 0.717) is 4.47 Å². The van der Waals surface area contributed by atoms with Crippen LogP contribution in [0.1, 0.15) is 17.8 Å². The van der Waals surface area contributed by atoms with Gasteiger partial charge in [0.1, 0.15) is 4.90 Å². The number of nitrogens with one attached hydrogen (secondary N) is 1. The van der Waals surface area contributed by atoms with Crippen LogP contribution in [0.3, 0.4) is 0 Å². The van der Waals surface area contributed by atoms with E-state index in [9.17, 15) is 8.42 Å². The monoisotopic (exact) mass is 346 g/mol. The number of hydrogen-bond donors (Lipinski definition) is 1. The fraction of sp³-hybridized carbons (Fsp3) is 0.182. The Morgan fingerprint density at radius 1 is 1.44 bits per heavy atom. The van der Waals surface area contributed by atoms with Gasteiger partial charge in [-0.1, -0.05) is 6.07 Å². The summed E-state index contributed by atoms with van der Waals surface area (Å²) in [4.78, 5) is 4.98. The number of nitrogens with zero attached hydrogens (tertiary/aromatic N) is 1. The van der Waals surface area contributed by atoms with Crippen molar-refractivity contribution >= 4 is 37.3 Å². The van der Waals surface area contributed by atoms with E-state index in [1.54, 1.807) is 6.20 Å². The van der Waals surface area contributed by atoms with Gasteiger partial charge < -0.3 is 0 Å². The molecule has 2 heterocycles. The molecule has 2 aromatic heterocycles. The van der Waals surface area contributed by atoms with Crippen LogP contribution in [0.2, 0.25) is 0 Å². The molecular formula is C11H11BrN2O2S2. The smallest absolute Gasteiger partial charge is 0.242 e. The van der Waals surface area contributed by atoms with E-state index in [0.717, 1.165) is 4.88 Å². The second kappa shape index (κ2) is 5.48. The minimum absolute atomic E-state index is 0.153. The molecule has 0 aromatic carbocycles. The highest BCUT2D eigenvalue weighted by Crippen LogP contribution is 2.21. The molecule has 0 aliphatic carbocycles. The Morgan fingerprint density at radius 3 is 2.83 bits per heavy atom. The third-order valence-corrected chi connectivity index (χ3v) is 5.29. The van der Waals surface area contributed by atoms with Crippen molar-refractivity contribution in [2.24, 2.45) is 0 Å². The molecule has 0 saturated heterocycles. The van der Waals surface area contributed by atoms with Gasteiger partial charge in [0.05, 0.1) is 6.04 Å². The highest BCUT2D eigenvalue weighted by Gasteiger charge is 2.19. The van der Waals surface area contributed by atoms with Crippen LogP contribution < -0.4 is 4.72 Å². The third-order valence-electron chi connectivity index (χ3n) is 2.29. The molecule has 2 rings (SSSR count). The van der Waals surface area contributed by atoms with Gasteiger partial charge in [0.2, 0.25) is 10.0 Å². The Balaban J connectivity index is 2.22. The number of hydrogen-bond acceptors (Lipinski definition) is 4. The maximum atomic E-state index is 12.1. The molecule has 0 saturated carbocycles. The van der Waals surface area contributed by atoms with Crippen LogP contribution in [-0.2, 0) is 10.0 Å². The normalized spacial score (nSPS) is 13.4. The SMILES string of the molecule is CC(NS(=O)(=O)c1cncc(Br)c1)c1cccs1. The highest BCUT2D eigenvalue weighted by molar-refractivity contribution is 9.10. The summed E-state index contributed by atoms with van der Waals surface area (Å²) >= 11 is 4.73. The summed E-state index contributed by atoms with van der Waals surface area (Å²) in [5, 5.41) is 1.92. The minimum Gasteiger partial charge on any atom is -0.262 e. The first-order chi connectivity index (χ1) is 8.49. The van der Waals surface area contributed by atoms with E-state index in [4.69, 9.17) is 0 Å². The van der Waals surface area contributed by atoms with E-state index in [1.807, 2.05) is 24.4 Å². The lowest BCUT2D eigenvalue weighted by atomic mass is 10.3. The Kier molecular flexibility index (Phi) is 4.16. The number of thiophene rings is 1. The van der Waals surface area contributed by atoms with Gasteiger partial charge in [-0.15, -0.1) is 11.3 Å². The van der Waals surface area contributed by atoms with Crippen molar-refractivity contribution < 1.29 is 8.42 Å². The zero-order chi connectivity index (χ0) is 13.2. The van der Waals surface area contributed by atoms with Crippen molar-refractivity contribution in [2.75, 3.05) is 0 Å². The fourth-order valence-electron chi connectivity index (χ4n) is 1.44. The average molecular weight is 347 g/mol. The number of pyridine rings is 1. The molecule has 0 bridgehead atoms. The van der Waals surface area contributed by atoms with Gasteiger partial charge in [-0.25, -0.2) is 13.1 Å². The molecule has 0 radical (unpaired) electrons. The molecule has 0 aliphatic rings. The van der Waals surface area contributed by atoms with Gasteiger partial charge >= 0.3 is 0 Å². The van der Waals surface area contributed by atoms with Crippen molar-refractivity contribution in [3.8, 4) is 0 Å². The zero-order valence-corrected chi connectivity index (χ0v) is 12.7. The fourth-order valence-corrected chi connectivity index (χ4v) is 3.97. The van der Waals surface area contributed by atoms with Crippen molar-refractivity contribution in [3.63, 3.8) is 0 Å². The van der Waals surface area contributed by atoms with Gasteiger partial charge in [-0.2, -0.15) is 0 Å². The molecule has 0 aliphatic heterocycles. The van der Waals surface area contributed by atoms with Crippen molar-refractivity contribution in [3.05, 3.63) is 45.3 Å². The molecule has 7 heteroatoms. The predicted molar refractivity (Wildman–Crippen MR) is 75.0 cm³/mol. The first kappa shape index (κ1) is 13.7. The van der Waals surface area contributed by atoms with Crippen LogP contribution in [0.5, 0.6) is 0 Å². The second-order valence-electron chi connectivity index (χ2n) is 3.70. The zero-order valence-electron chi connectivity index (χ0n) is 9.50. The highest BCUT2D eigenvalue weighted by atomic mass is 79.9. The van der Waals surface area contributed by atoms with Crippen LogP contribution in [0.15, 0.2) is 45.3 Å². The summed E-state index contributed by atoms with van der Waals surface area (Å²) in [5.74, 6) is 0. The topological polar surface area (TPSA) is 59.1 Å². The van der Waals surface area contributed by atoms with Gasteiger partial charge in [-0.3, -0.25) is 4.98 Å². The largest absolute Gasteiger partial charge is 0.262 e. The van der Waals surface area contributed by atoms with Crippen molar-refractivity contribution in [2.45, 2.75) is 17.9 Å². The van der Waals surface area contributed by atoms with E-state index in [2.05, 4.69) is 25.6 Å². The maximum absolute atomic E-state index is 12.1. The van der Waals surface area contributed by atoms with Crippen LogP contribution in [-0.4, -0.2) is 13.4 Å². The second-order valence-corrected chi connectivity index (χ2v) is 7.31. The van der Waals surface area contributed by atoms with Gasteiger partial charge in [0, 0.05) is 21.7 Å². The van der Waals surface area contributed by atoms with Gasteiger partial charge in [0.15, 0.2) is 0 Å². The summed E-state index contributed by atoms with van der Waals surface area (Å²) in [6.07, 6.45) is 2.87. The number of rotatable bonds is 4. The molecule has 0 spiro atoms. The summed E-state index contributed by atoms with van der Waals surface area (Å²) in [6, 6.07) is 5.06. The van der Waals surface area contributed by atoms with E-state index < -0.39 is 10.0 Å². The molecule has 0 amide bonds. The van der Waals surface area contributed by atoms with E-state index >= 15 is 0 Å². The van der Waals surface area contributed by atoms with E-state index in [-0.39, 0.29) is 10.9 Å². The molecular weight excluding hydrogens is 336 g/mol.